The summed E-state index contributed by atoms with van der Waals surface area (Å²) in [5.41, 5.74) is 1.49. The molecule has 0 aliphatic carbocycles. The van der Waals surface area contributed by atoms with Gasteiger partial charge in [-0.3, -0.25) is 14.0 Å². The molecule has 0 unspecified atom stereocenters. The maximum absolute atomic E-state index is 13.1. The largest absolute Gasteiger partial charge is 0.497 e. The number of amides is 1. The van der Waals surface area contributed by atoms with E-state index in [1.54, 1.807) is 38.5 Å². The van der Waals surface area contributed by atoms with Crippen LogP contribution in [-0.4, -0.2) is 29.5 Å². The Bertz CT molecular complexity index is 1260. The van der Waals surface area contributed by atoms with Gasteiger partial charge in [0.25, 0.3) is 11.5 Å². The number of carbonyl (C=O) groups is 1. The molecule has 2 aromatic heterocycles. The molecule has 4 aromatic rings. The number of fused-ring (bicyclic) bond motifs is 1. The summed E-state index contributed by atoms with van der Waals surface area (Å²) in [4.78, 5) is 30.6. The van der Waals surface area contributed by atoms with Gasteiger partial charge in [0.1, 0.15) is 17.1 Å². The number of rotatable bonds is 5. The Morgan fingerprint density at radius 3 is 2.55 bits per heavy atom. The van der Waals surface area contributed by atoms with Crippen LogP contribution < -0.4 is 20.3 Å². The average molecular weight is 407 g/mol. The first-order valence-corrected chi connectivity index (χ1v) is 9.58. The monoisotopic (exact) mass is 407 g/mol. The number of thiazole rings is 1. The summed E-state index contributed by atoms with van der Waals surface area (Å²) in [6.07, 6.45) is 1.30. The predicted octanol–water partition coefficient (Wildman–Crippen LogP) is 3.69. The van der Waals surface area contributed by atoms with E-state index < -0.39 is 11.5 Å². The van der Waals surface area contributed by atoms with Gasteiger partial charge < -0.3 is 14.8 Å². The van der Waals surface area contributed by atoms with Gasteiger partial charge in [0, 0.05) is 28.9 Å². The van der Waals surface area contributed by atoms with Crippen molar-refractivity contribution in [2.24, 2.45) is 0 Å². The van der Waals surface area contributed by atoms with Gasteiger partial charge in [-0.25, -0.2) is 4.98 Å². The van der Waals surface area contributed by atoms with Crippen molar-refractivity contribution in [3.63, 3.8) is 0 Å². The van der Waals surface area contributed by atoms with Gasteiger partial charge in [-0.1, -0.05) is 18.2 Å². The highest BCUT2D eigenvalue weighted by Gasteiger charge is 2.17. The molecule has 0 bridgehead atoms. The van der Waals surface area contributed by atoms with Crippen LogP contribution in [0.4, 0.5) is 5.69 Å². The van der Waals surface area contributed by atoms with Crippen molar-refractivity contribution < 1.29 is 14.3 Å². The number of nitrogens with one attached hydrogen (secondary N) is 1. The number of methoxy groups -OCH3 is 2. The zero-order chi connectivity index (χ0) is 20.4. The Morgan fingerprint density at radius 1 is 1.07 bits per heavy atom. The molecule has 146 valence electrons. The van der Waals surface area contributed by atoms with E-state index in [9.17, 15) is 9.59 Å². The lowest BCUT2D eigenvalue weighted by molar-refractivity contribution is 0.102. The van der Waals surface area contributed by atoms with Crippen molar-refractivity contribution in [1.29, 1.82) is 0 Å². The summed E-state index contributed by atoms with van der Waals surface area (Å²) < 4.78 is 11.9. The van der Waals surface area contributed by atoms with Crippen molar-refractivity contribution in [3.8, 4) is 22.8 Å². The minimum atomic E-state index is -0.534. The fourth-order valence-electron chi connectivity index (χ4n) is 2.93. The van der Waals surface area contributed by atoms with Gasteiger partial charge in [-0.05, 0) is 24.3 Å². The maximum Gasteiger partial charge on any atom is 0.271 e. The molecule has 0 aliphatic heterocycles. The molecule has 7 nitrogen and oxygen atoms in total. The van der Waals surface area contributed by atoms with Gasteiger partial charge >= 0.3 is 0 Å². The zero-order valence-corrected chi connectivity index (χ0v) is 16.5. The fourth-order valence-corrected chi connectivity index (χ4v) is 3.79. The quantitative estimate of drug-likeness (QED) is 0.546. The zero-order valence-electron chi connectivity index (χ0n) is 15.7. The second kappa shape index (κ2) is 7.76. The van der Waals surface area contributed by atoms with Gasteiger partial charge in [-0.15, -0.1) is 11.3 Å². The normalized spacial score (nSPS) is 10.7. The summed E-state index contributed by atoms with van der Waals surface area (Å²) in [6, 6.07) is 14.3. The Morgan fingerprint density at radius 2 is 1.79 bits per heavy atom. The minimum Gasteiger partial charge on any atom is -0.497 e. The third-order valence-corrected chi connectivity index (χ3v) is 5.22. The summed E-state index contributed by atoms with van der Waals surface area (Å²) >= 11 is 1.33. The molecule has 1 N–H and O–H groups in total. The van der Waals surface area contributed by atoms with Crippen LogP contribution in [0.25, 0.3) is 16.2 Å². The fraction of sp³-hybridized carbons (Fsp3) is 0.0952. The molecule has 0 saturated heterocycles. The summed E-state index contributed by atoms with van der Waals surface area (Å²) in [5.74, 6) is 0.744. The van der Waals surface area contributed by atoms with E-state index in [0.29, 0.717) is 27.8 Å². The highest BCUT2D eigenvalue weighted by molar-refractivity contribution is 7.15. The lowest BCUT2D eigenvalue weighted by atomic mass is 10.1. The molecule has 4 rings (SSSR count). The van der Waals surface area contributed by atoms with Crippen LogP contribution in [0, 0.1) is 0 Å². The molecule has 0 radical (unpaired) electrons. The minimum absolute atomic E-state index is 0.0483. The van der Waals surface area contributed by atoms with Gasteiger partial charge in [-0.2, -0.15) is 0 Å². The van der Waals surface area contributed by atoms with E-state index in [0.717, 1.165) is 5.56 Å². The first kappa shape index (κ1) is 18.7. The van der Waals surface area contributed by atoms with Crippen molar-refractivity contribution in [1.82, 2.24) is 9.38 Å². The lowest BCUT2D eigenvalue weighted by Crippen LogP contribution is -2.26. The van der Waals surface area contributed by atoms with Gasteiger partial charge in [0.05, 0.1) is 19.9 Å². The third-order valence-electron chi connectivity index (χ3n) is 4.38. The molecular formula is C21H17N3O4S. The van der Waals surface area contributed by atoms with Crippen LogP contribution in [0.1, 0.15) is 10.4 Å². The lowest BCUT2D eigenvalue weighted by Gasteiger charge is -2.08. The molecule has 0 atom stereocenters. The number of ether oxygens (including phenoxy) is 2. The van der Waals surface area contributed by atoms with E-state index in [-0.39, 0.29) is 5.56 Å². The number of aromatic nitrogens is 2. The molecule has 0 fully saturated rings. The van der Waals surface area contributed by atoms with Crippen LogP contribution in [0.2, 0.25) is 0 Å². The second-order valence-corrected chi connectivity index (χ2v) is 6.97. The predicted molar refractivity (Wildman–Crippen MR) is 112 cm³/mol. The Labute approximate surface area is 170 Å². The topological polar surface area (TPSA) is 81.9 Å². The molecule has 2 heterocycles. The smallest absolute Gasteiger partial charge is 0.271 e. The number of benzene rings is 2. The van der Waals surface area contributed by atoms with Gasteiger partial charge in [0.2, 0.25) is 0 Å². The molecule has 29 heavy (non-hydrogen) atoms. The summed E-state index contributed by atoms with van der Waals surface area (Å²) in [5, 5.41) is 4.55. The van der Waals surface area contributed by atoms with Crippen LogP contribution in [0.3, 0.4) is 0 Å². The molecule has 0 saturated carbocycles. The number of hydrogen-bond acceptors (Lipinski definition) is 6. The van der Waals surface area contributed by atoms with Crippen LogP contribution in [-0.2, 0) is 0 Å². The van der Waals surface area contributed by atoms with Crippen LogP contribution in [0.5, 0.6) is 11.5 Å². The maximum atomic E-state index is 13.1. The number of hydrogen-bond donors (Lipinski definition) is 1. The van der Waals surface area contributed by atoms with Crippen LogP contribution >= 0.6 is 11.3 Å². The summed E-state index contributed by atoms with van der Waals surface area (Å²) in [6.45, 7) is 0. The molecule has 0 spiro atoms. The second-order valence-electron chi connectivity index (χ2n) is 6.13. The molecular weight excluding hydrogens is 390 g/mol. The standard InChI is InChI=1S/C21H17N3O4S/c1-27-15-7-3-5-13(9-15)18-12-29-21-22-11-17(20(26)24(18)21)19(25)23-14-6-4-8-16(10-14)28-2/h3-12H,1-2H3,(H,23,25). The molecule has 2 aromatic carbocycles. The van der Waals surface area contributed by atoms with E-state index in [4.69, 9.17) is 9.47 Å². The number of anilines is 1. The Hall–Kier alpha value is -3.65. The first-order valence-electron chi connectivity index (χ1n) is 8.70. The number of nitrogens with zero attached hydrogens (tertiary/aromatic N) is 2. The molecule has 0 aliphatic rings. The third kappa shape index (κ3) is 3.57. The Balaban J connectivity index is 1.75. The molecule has 1 amide bonds. The molecule has 8 heteroatoms. The first-order chi connectivity index (χ1) is 14.1. The SMILES string of the molecule is COc1cccc(NC(=O)c2cnc3scc(-c4cccc(OC)c4)n3c2=O)c1. The van der Waals surface area contributed by atoms with Crippen molar-refractivity contribution in [2.45, 2.75) is 0 Å². The summed E-state index contributed by atoms with van der Waals surface area (Å²) in [7, 11) is 3.13. The average Bonchev–Trinajstić information content (AvgIpc) is 3.19. The Kier molecular flexibility index (Phi) is 5.01. The highest BCUT2D eigenvalue weighted by atomic mass is 32.1. The van der Waals surface area contributed by atoms with Crippen molar-refractivity contribution >= 4 is 27.9 Å². The highest BCUT2D eigenvalue weighted by Crippen LogP contribution is 2.27. The van der Waals surface area contributed by atoms with Crippen molar-refractivity contribution in [3.05, 3.63) is 76.0 Å². The van der Waals surface area contributed by atoms with Crippen molar-refractivity contribution in [2.75, 3.05) is 19.5 Å². The van der Waals surface area contributed by atoms with E-state index in [2.05, 4.69) is 10.3 Å². The van der Waals surface area contributed by atoms with E-state index in [1.165, 1.54) is 21.9 Å². The van der Waals surface area contributed by atoms with Crippen LogP contribution in [0.15, 0.2) is 64.9 Å². The van der Waals surface area contributed by atoms with E-state index >= 15 is 0 Å². The number of carbonyl (C=O) groups excluding carboxylic acids is 1. The van der Waals surface area contributed by atoms with E-state index in [1.807, 2.05) is 29.6 Å². The van der Waals surface area contributed by atoms with Gasteiger partial charge in [0.15, 0.2) is 4.96 Å².